The van der Waals surface area contributed by atoms with Crippen LogP contribution in [0.15, 0.2) is 6.07 Å². The van der Waals surface area contributed by atoms with Crippen LogP contribution in [-0.2, 0) is 4.79 Å². The Hall–Kier alpha value is -1.69. The minimum Gasteiger partial charge on any atom is -0.481 e. The highest BCUT2D eigenvalue weighted by Gasteiger charge is 2.14. The summed E-state index contributed by atoms with van der Waals surface area (Å²) in [7, 11) is 1.52. The SMILES string of the molecule is COc1cc(C)nc(NC(=O)CC(N)C(C)C)n1. The number of aryl methyl sites for hydroxylation is 1. The van der Waals surface area contributed by atoms with Crippen LogP contribution >= 0.6 is 0 Å². The van der Waals surface area contributed by atoms with Gasteiger partial charge in [-0.1, -0.05) is 13.8 Å². The van der Waals surface area contributed by atoms with Crippen LogP contribution in [0, 0.1) is 12.8 Å². The van der Waals surface area contributed by atoms with E-state index in [1.54, 1.807) is 13.0 Å². The Morgan fingerprint density at radius 2 is 2.17 bits per heavy atom. The summed E-state index contributed by atoms with van der Waals surface area (Å²) in [6.45, 7) is 5.76. The van der Waals surface area contributed by atoms with Crippen molar-refractivity contribution in [3.05, 3.63) is 11.8 Å². The van der Waals surface area contributed by atoms with Crippen molar-refractivity contribution in [1.82, 2.24) is 9.97 Å². The number of rotatable bonds is 5. The molecule has 0 spiro atoms. The standard InChI is InChI=1S/C12H20N4O2/c1-7(2)9(13)6-10(17)15-12-14-8(3)5-11(16-12)18-4/h5,7,9H,6,13H2,1-4H3,(H,14,15,16,17). The molecule has 0 aliphatic carbocycles. The van der Waals surface area contributed by atoms with E-state index in [-0.39, 0.29) is 30.2 Å². The van der Waals surface area contributed by atoms with E-state index >= 15 is 0 Å². The van der Waals surface area contributed by atoms with E-state index in [4.69, 9.17) is 10.5 Å². The number of aromatic nitrogens is 2. The third-order valence-corrected chi connectivity index (χ3v) is 2.57. The topological polar surface area (TPSA) is 90.1 Å². The van der Waals surface area contributed by atoms with Gasteiger partial charge in [0.25, 0.3) is 0 Å². The van der Waals surface area contributed by atoms with Crippen LogP contribution in [0.25, 0.3) is 0 Å². The van der Waals surface area contributed by atoms with Gasteiger partial charge in [-0.05, 0) is 12.8 Å². The van der Waals surface area contributed by atoms with Gasteiger partial charge in [-0.2, -0.15) is 4.98 Å². The summed E-state index contributed by atoms with van der Waals surface area (Å²) in [6.07, 6.45) is 0.247. The number of carbonyl (C=O) groups is 1. The molecule has 6 nitrogen and oxygen atoms in total. The number of methoxy groups -OCH3 is 1. The van der Waals surface area contributed by atoms with Gasteiger partial charge in [-0.25, -0.2) is 4.98 Å². The van der Waals surface area contributed by atoms with Crippen LogP contribution in [-0.4, -0.2) is 29.0 Å². The summed E-state index contributed by atoms with van der Waals surface area (Å²) in [4.78, 5) is 19.9. The zero-order chi connectivity index (χ0) is 13.7. The van der Waals surface area contributed by atoms with Crippen LogP contribution in [0.4, 0.5) is 5.95 Å². The number of ether oxygens (including phenoxy) is 1. The smallest absolute Gasteiger partial charge is 0.232 e. The summed E-state index contributed by atoms with van der Waals surface area (Å²) in [5.74, 6) is 0.728. The molecular weight excluding hydrogens is 232 g/mol. The van der Waals surface area contributed by atoms with Crippen molar-refractivity contribution in [3.8, 4) is 5.88 Å². The number of nitrogens with zero attached hydrogens (tertiary/aromatic N) is 2. The number of carbonyl (C=O) groups excluding carboxylic acids is 1. The first-order valence-corrected chi connectivity index (χ1v) is 5.87. The Balaban J connectivity index is 2.67. The molecule has 0 saturated carbocycles. The highest BCUT2D eigenvalue weighted by atomic mass is 16.5. The molecule has 1 heterocycles. The van der Waals surface area contributed by atoms with Gasteiger partial charge in [0.15, 0.2) is 0 Å². The summed E-state index contributed by atoms with van der Waals surface area (Å²) in [6, 6.07) is 1.52. The van der Waals surface area contributed by atoms with E-state index in [0.29, 0.717) is 5.88 Å². The van der Waals surface area contributed by atoms with Crippen LogP contribution in [0.3, 0.4) is 0 Å². The zero-order valence-electron chi connectivity index (χ0n) is 11.2. The molecule has 0 aromatic carbocycles. The van der Waals surface area contributed by atoms with Gasteiger partial charge in [0, 0.05) is 24.2 Å². The molecule has 6 heteroatoms. The van der Waals surface area contributed by atoms with Crippen LogP contribution < -0.4 is 15.8 Å². The molecule has 0 aliphatic heterocycles. The number of nitrogens with two attached hydrogens (primary N) is 1. The Bertz CT molecular complexity index is 421. The highest BCUT2D eigenvalue weighted by Crippen LogP contribution is 2.12. The third-order valence-electron chi connectivity index (χ3n) is 2.57. The van der Waals surface area contributed by atoms with Gasteiger partial charge in [-0.15, -0.1) is 0 Å². The van der Waals surface area contributed by atoms with E-state index in [9.17, 15) is 4.79 Å². The second-order valence-electron chi connectivity index (χ2n) is 4.54. The zero-order valence-corrected chi connectivity index (χ0v) is 11.2. The number of hydrogen-bond donors (Lipinski definition) is 2. The second kappa shape index (κ2) is 6.30. The predicted molar refractivity (Wildman–Crippen MR) is 69.4 cm³/mol. The molecule has 1 aromatic heterocycles. The average Bonchev–Trinajstić information content (AvgIpc) is 2.27. The summed E-state index contributed by atoms with van der Waals surface area (Å²) in [5.41, 5.74) is 6.56. The second-order valence-corrected chi connectivity index (χ2v) is 4.54. The number of nitrogens with one attached hydrogen (secondary N) is 1. The molecule has 0 saturated heterocycles. The molecule has 1 atom stereocenters. The fourth-order valence-electron chi connectivity index (χ4n) is 1.33. The fraction of sp³-hybridized carbons (Fsp3) is 0.583. The minimum absolute atomic E-state index is 0.170. The molecule has 3 N–H and O–H groups in total. The molecule has 1 unspecified atom stereocenters. The Morgan fingerprint density at radius 1 is 1.50 bits per heavy atom. The van der Waals surface area contributed by atoms with Gasteiger partial charge >= 0.3 is 0 Å². The van der Waals surface area contributed by atoms with Gasteiger partial charge in [0.05, 0.1) is 7.11 Å². The minimum atomic E-state index is -0.191. The third kappa shape index (κ3) is 4.29. The highest BCUT2D eigenvalue weighted by molar-refractivity contribution is 5.89. The lowest BCUT2D eigenvalue weighted by molar-refractivity contribution is -0.116. The van der Waals surface area contributed by atoms with Crippen molar-refractivity contribution in [2.45, 2.75) is 33.2 Å². The lowest BCUT2D eigenvalue weighted by atomic mass is 10.0. The monoisotopic (exact) mass is 252 g/mol. The van der Waals surface area contributed by atoms with Crippen molar-refractivity contribution >= 4 is 11.9 Å². The Morgan fingerprint density at radius 3 is 2.72 bits per heavy atom. The lowest BCUT2D eigenvalue weighted by Crippen LogP contribution is -2.31. The van der Waals surface area contributed by atoms with Crippen molar-refractivity contribution in [2.75, 3.05) is 12.4 Å². The molecule has 1 aromatic rings. The molecule has 1 amide bonds. The van der Waals surface area contributed by atoms with Gasteiger partial charge in [0.2, 0.25) is 17.7 Å². The van der Waals surface area contributed by atoms with Crippen molar-refractivity contribution in [3.63, 3.8) is 0 Å². The maximum atomic E-state index is 11.7. The first-order chi connectivity index (χ1) is 8.42. The van der Waals surface area contributed by atoms with E-state index in [1.165, 1.54) is 7.11 Å². The van der Waals surface area contributed by atoms with Crippen LogP contribution in [0.1, 0.15) is 26.0 Å². The largest absolute Gasteiger partial charge is 0.481 e. The van der Waals surface area contributed by atoms with Gasteiger partial charge < -0.3 is 10.5 Å². The predicted octanol–water partition coefficient (Wildman–Crippen LogP) is 1.11. The molecular formula is C12H20N4O2. The summed E-state index contributed by atoms with van der Waals surface area (Å²) < 4.78 is 5.01. The fourth-order valence-corrected chi connectivity index (χ4v) is 1.33. The van der Waals surface area contributed by atoms with E-state index in [0.717, 1.165) is 5.69 Å². The first kappa shape index (κ1) is 14.4. The molecule has 100 valence electrons. The Kier molecular flexibility index (Phi) is 5.03. The molecule has 1 rings (SSSR count). The van der Waals surface area contributed by atoms with Gasteiger partial charge in [0.1, 0.15) is 0 Å². The van der Waals surface area contributed by atoms with E-state index < -0.39 is 0 Å². The Labute approximate surface area is 107 Å². The molecule has 0 aliphatic rings. The molecule has 18 heavy (non-hydrogen) atoms. The van der Waals surface area contributed by atoms with Crippen molar-refractivity contribution in [2.24, 2.45) is 11.7 Å². The molecule has 0 fully saturated rings. The number of anilines is 1. The maximum absolute atomic E-state index is 11.7. The number of amides is 1. The summed E-state index contributed by atoms with van der Waals surface area (Å²) in [5, 5.41) is 2.62. The normalized spacial score (nSPS) is 12.3. The van der Waals surface area contributed by atoms with Crippen LogP contribution in [0.2, 0.25) is 0 Å². The quantitative estimate of drug-likeness (QED) is 0.819. The van der Waals surface area contributed by atoms with Crippen molar-refractivity contribution < 1.29 is 9.53 Å². The summed E-state index contributed by atoms with van der Waals surface area (Å²) >= 11 is 0. The van der Waals surface area contributed by atoms with E-state index in [1.807, 2.05) is 13.8 Å². The number of hydrogen-bond acceptors (Lipinski definition) is 5. The first-order valence-electron chi connectivity index (χ1n) is 5.87. The van der Waals surface area contributed by atoms with E-state index in [2.05, 4.69) is 15.3 Å². The molecule has 0 bridgehead atoms. The lowest BCUT2D eigenvalue weighted by Gasteiger charge is -2.14. The van der Waals surface area contributed by atoms with Crippen LogP contribution in [0.5, 0.6) is 5.88 Å². The average molecular weight is 252 g/mol. The van der Waals surface area contributed by atoms with Gasteiger partial charge in [-0.3, -0.25) is 10.1 Å². The van der Waals surface area contributed by atoms with Crippen molar-refractivity contribution in [1.29, 1.82) is 0 Å². The molecule has 0 radical (unpaired) electrons. The maximum Gasteiger partial charge on any atom is 0.232 e.